The Morgan fingerprint density at radius 3 is 2.90 bits per heavy atom. The highest BCUT2D eigenvalue weighted by molar-refractivity contribution is 5.97. The van der Waals surface area contributed by atoms with Crippen molar-refractivity contribution in [3.8, 4) is 0 Å². The number of hydrogen-bond acceptors (Lipinski definition) is 2. The molecule has 1 heterocycles. The van der Waals surface area contributed by atoms with Crippen molar-refractivity contribution in [2.24, 2.45) is 0 Å². The molecule has 1 atom stereocenters. The smallest absolute Gasteiger partial charge is 0.254 e. The first kappa shape index (κ1) is 14.6. The number of unbranched alkanes of at least 4 members (excludes halogenated alkanes) is 1. The summed E-state index contributed by atoms with van der Waals surface area (Å²) in [5, 5.41) is 0. The van der Waals surface area contributed by atoms with E-state index in [1.807, 2.05) is 23.1 Å². The van der Waals surface area contributed by atoms with Gasteiger partial charge in [-0.2, -0.15) is 0 Å². The zero-order valence-corrected chi connectivity index (χ0v) is 12.5. The minimum Gasteiger partial charge on any atom is -0.345 e. The van der Waals surface area contributed by atoms with Gasteiger partial charge in [-0.25, -0.2) is 4.98 Å². The van der Waals surface area contributed by atoms with E-state index in [0.29, 0.717) is 0 Å². The molecule has 20 heavy (non-hydrogen) atoms. The molecule has 108 valence electrons. The van der Waals surface area contributed by atoms with E-state index in [2.05, 4.69) is 30.7 Å². The fourth-order valence-corrected chi connectivity index (χ4v) is 2.31. The van der Waals surface area contributed by atoms with Crippen LogP contribution < -0.4 is 0 Å². The van der Waals surface area contributed by atoms with Crippen molar-refractivity contribution in [2.45, 2.75) is 46.1 Å². The molecule has 0 saturated heterocycles. The summed E-state index contributed by atoms with van der Waals surface area (Å²) in [6.45, 7) is 7.21. The first-order chi connectivity index (χ1) is 9.67. The summed E-state index contributed by atoms with van der Waals surface area (Å²) in [6, 6.07) is 5.93. The Morgan fingerprint density at radius 2 is 2.20 bits per heavy atom. The van der Waals surface area contributed by atoms with E-state index in [4.69, 9.17) is 0 Å². The Balaban J connectivity index is 2.24. The average Bonchev–Trinajstić information content (AvgIpc) is 2.94. The van der Waals surface area contributed by atoms with Crippen molar-refractivity contribution in [3.63, 3.8) is 0 Å². The lowest BCUT2D eigenvalue weighted by molar-refractivity contribution is 0.0685. The topological polar surface area (TPSA) is 49.0 Å². The molecule has 0 saturated carbocycles. The third-order valence-corrected chi connectivity index (χ3v) is 3.80. The largest absolute Gasteiger partial charge is 0.345 e. The Hall–Kier alpha value is -1.84. The van der Waals surface area contributed by atoms with Crippen LogP contribution in [0.3, 0.4) is 0 Å². The average molecular weight is 273 g/mol. The van der Waals surface area contributed by atoms with E-state index in [1.54, 1.807) is 6.33 Å². The number of benzene rings is 1. The summed E-state index contributed by atoms with van der Waals surface area (Å²) in [4.78, 5) is 21.9. The van der Waals surface area contributed by atoms with Gasteiger partial charge < -0.3 is 9.88 Å². The van der Waals surface area contributed by atoms with E-state index in [0.717, 1.165) is 42.4 Å². The molecular weight excluding hydrogens is 250 g/mol. The van der Waals surface area contributed by atoms with E-state index < -0.39 is 0 Å². The molecule has 0 fully saturated rings. The first-order valence-electron chi connectivity index (χ1n) is 7.41. The highest BCUT2D eigenvalue weighted by atomic mass is 16.2. The van der Waals surface area contributed by atoms with Gasteiger partial charge in [-0.05, 0) is 38.0 Å². The SMILES string of the molecule is CCCCN(C(=O)c1ccc2nc[nH]c2c1)C(C)CC. The highest BCUT2D eigenvalue weighted by Crippen LogP contribution is 2.16. The van der Waals surface area contributed by atoms with E-state index in [9.17, 15) is 4.79 Å². The van der Waals surface area contributed by atoms with Gasteiger partial charge in [0.25, 0.3) is 5.91 Å². The van der Waals surface area contributed by atoms with E-state index >= 15 is 0 Å². The molecule has 0 radical (unpaired) electrons. The molecule has 1 unspecified atom stereocenters. The molecule has 1 N–H and O–H groups in total. The molecule has 2 aromatic rings. The zero-order valence-electron chi connectivity index (χ0n) is 12.5. The lowest BCUT2D eigenvalue weighted by Crippen LogP contribution is -2.39. The van der Waals surface area contributed by atoms with Crippen molar-refractivity contribution in [1.82, 2.24) is 14.9 Å². The standard InChI is InChI=1S/C16H23N3O/c1-4-6-9-19(12(3)5-2)16(20)13-7-8-14-15(10-13)18-11-17-14/h7-8,10-12H,4-6,9H2,1-3H3,(H,17,18). The van der Waals surface area contributed by atoms with E-state index in [-0.39, 0.29) is 11.9 Å². The lowest BCUT2D eigenvalue weighted by Gasteiger charge is -2.28. The number of rotatable bonds is 6. The predicted octanol–water partition coefficient (Wildman–Crippen LogP) is 3.60. The monoisotopic (exact) mass is 273 g/mol. The number of carbonyl (C=O) groups excluding carboxylic acids is 1. The summed E-state index contributed by atoms with van der Waals surface area (Å²) in [5.74, 6) is 0.115. The van der Waals surface area contributed by atoms with Crippen LogP contribution in [0.15, 0.2) is 24.5 Å². The maximum atomic E-state index is 12.7. The summed E-state index contributed by atoms with van der Waals surface area (Å²) in [7, 11) is 0. The quantitative estimate of drug-likeness (QED) is 0.874. The summed E-state index contributed by atoms with van der Waals surface area (Å²) in [5.41, 5.74) is 2.54. The molecule has 0 aliphatic rings. The number of hydrogen-bond donors (Lipinski definition) is 1. The molecule has 0 aliphatic heterocycles. The number of aromatic amines is 1. The second-order valence-corrected chi connectivity index (χ2v) is 5.24. The molecule has 0 spiro atoms. The Morgan fingerprint density at radius 1 is 1.40 bits per heavy atom. The number of nitrogens with zero attached hydrogens (tertiary/aromatic N) is 2. The number of fused-ring (bicyclic) bond motifs is 1. The van der Waals surface area contributed by atoms with Crippen molar-refractivity contribution in [3.05, 3.63) is 30.1 Å². The van der Waals surface area contributed by atoms with Crippen LogP contribution in [-0.2, 0) is 0 Å². The van der Waals surface area contributed by atoms with Crippen LogP contribution >= 0.6 is 0 Å². The Labute approximate surface area is 120 Å². The van der Waals surface area contributed by atoms with Crippen LogP contribution in [-0.4, -0.2) is 33.4 Å². The van der Waals surface area contributed by atoms with Gasteiger partial charge in [0.1, 0.15) is 0 Å². The van der Waals surface area contributed by atoms with Crippen LogP contribution in [0.4, 0.5) is 0 Å². The van der Waals surface area contributed by atoms with Gasteiger partial charge in [0.2, 0.25) is 0 Å². The number of imidazole rings is 1. The van der Waals surface area contributed by atoms with Crippen molar-refractivity contribution in [2.75, 3.05) is 6.54 Å². The van der Waals surface area contributed by atoms with Gasteiger partial charge in [-0.15, -0.1) is 0 Å². The van der Waals surface area contributed by atoms with Gasteiger partial charge in [-0.1, -0.05) is 20.3 Å². The molecule has 1 amide bonds. The first-order valence-corrected chi connectivity index (χ1v) is 7.41. The second kappa shape index (κ2) is 6.55. The van der Waals surface area contributed by atoms with Gasteiger partial charge in [0.15, 0.2) is 0 Å². The lowest BCUT2D eigenvalue weighted by atomic mass is 10.1. The van der Waals surface area contributed by atoms with Crippen LogP contribution in [0.25, 0.3) is 11.0 Å². The number of nitrogens with one attached hydrogen (secondary N) is 1. The van der Waals surface area contributed by atoms with Crippen molar-refractivity contribution in [1.29, 1.82) is 0 Å². The summed E-state index contributed by atoms with van der Waals surface area (Å²) < 4.78 is 0. The molecule has 2 rings (SSSR count). The number of carbonyl (C=O) groups is 1. The third-order valence-electron chi connectivity index (χ3n) is 3.80. The Bertz CT molecular complexity index is 576. The third kappa shape index (κ3) is 3.00. The minimum atomic E-state index is 0.115. The fraction of sp³-hybridized carbons (Fsp3) is 0.500. The maximum Gasteiger partial charge on any atom is 0.254 e. The normalized spacial score (nSPS) is 12.6. The van der Waals surface area contributed by atoms with Crippen molar-refractivity contribution >= 4 is 16.9 Å². The number of aromatic nitrogens is 2. The van der Waals surface area contributed by atoms with E-state index in [1.165, 1.54) is 0 Å². The summed E-state index contributed by atoms with van der Waals surface area (Å²) in [6.07, 6.45) is 4.77. The predicted molar refractivity (Wildman–Crippen MR) is 81.8 cm³/mol. The van der Waals surface area contributed by atoms with Gasteiger partial charge in [0, 0.05) is 18.2 Å². The van der Waals surface area contributed by atoms with Gasteiger partial charge >= 0.3 is 0 Å². The Kier molecular flexibility index (Phi) is 4.77. The fourth-order valence-electron chi connectivity index (χ4n) is 2.31. The van der Waals surface area contributed by atoms with Crippen LogP contribution in [0.5, 0.6) is 0 Å². The highest BCUT2D eigenvalue weighted by Gasteiger charge is 2.20. The van der Waals surface area contributed by atoms with Gasteiger partial charge in [-0.3, -0.25) is 4.79 Å². The van der Waals surface area contributed by atoms with Gasteiger partial charge in [0.05, 0.1) is 17.4 Å². The molecule has 1 aromatic heterocycles. The molecule has 4 heteroatoms. The molecule has 0 bridgehead atoms. The molecule has 0 aliphatic carbocycles. The summed E-state index contributed by atoms with van der Waals surface area (Å²) >= 11 is 0. The molecular formula is C16H23N3O. The zero-order chi connectivity index (χ0) is 14.5. The molecule has 4 nitrogen and oxygen atoms in total. The van der Waals surface area contributed by atoms with Crippen LogP contribution in [0.2, 0.25) is 0 Å². The number of amides is 1. The van der Waals surface area contributed by atoms with Crippen LogP contribution in [0, 0.1) is 0 Å². The maximum absolute atomic E-state index is 12.7. The minimum absolute atomic E-state index is 0.115. The van der Waals surface area contributed by atoms with Crippen LogP contribution in [0.1, 0.15) is 50.4 Å². The number of H-pyrrole nitrogens is 1. The molecule has 1 aromatic carbocycles. The van der Waals surface area contributed by atoms with Crippen molar-refractivity contribution < 1.29 is 4.79 Å². The second-order valence-electron chi connectivity index (χ2n) is 5.24.